The lowest BCUT2D eigenvalue weighted by Gasteiger charge is -2.09. The Morgan fingerprint density at radius 3 is 2.50 bits per heavy atom. The molecule has 0 aromatic heterocycles. The summed E-state index contributed by atoms with van der Waals surface area (Å²) < 4.78 is 0. The monoisotopic (exact) mass is 288 g/mol. The highest BCUT2D eigenvalue weighted by Crippen LogP contribution is 2.23. The molecule has 0 atom stereocenters. The van der Waals surface area contributed by atoms with Gasteiger partial charge in [0.25, 0.3) is 5.91 Å². The number of Topliss-reactive ketones (excluding diaryl/α,β-unsaturated/α-hetero) is 1. The van der Waals surface area contributed by atoms with E-state index in [4.69, 9.17) is 17.3 Å². The minimum absolute atomic E-state index is 0.0710. The van der Waals surface area contributed by atoms with E-state index in [0.717, 1.165) is 0 Å². The van der Waals surface area contributed by atoms with Crippen LogP contribution >= 0.6 is 11.6 Å². The van der Waals surface area contributed by atoms with Crippen molar-refractivity contribution in [3.63, 3.8) is 0 Å². The zero-order chi connectivity index (χ0) is 14.7. The molecule has 5 heteroatoms. The smallest absolute Gasteiger partial charge is 0.259 e. The van der Waals surface area contributed by atoms with Crippen LogP contribution in [0.3, 0.4) is 0 Å². The second-order valence-electron chi connectivity index (χ2n) is 4.30. The number of anilines is 2. The lowest BCUT2D eigenvalue weighted by Crippen LogP contribution is -2.15. The molecular formula is C15H13ClN2O2. The van der Waals surface area contributed by atoms with E-state index >= 15 is 0 Å². The third kappa shape index (κ3) is 2.97. The van der Waals surface area contributed by atoms with Gasteiger partial charge in [-0.25, -0.2) is 0 Å². The Morgan fingerprint density at radius 2 is 1.85 bits per heavy atom. The van der Waals surface area contributed by atoms with E-state index in [1.165, 1.54) is 6.92 Å². The summed E-state index contributed by atoms with van der Waals surface area (Å²) in [6.45, 7) is 1.47. The van der Waals surface area contributed by atoms with E-state index in [9.17, 15) is 9.59 Å². The van der Waals surface area contributed by atoms with E-state index in [-0.39, 0.29) is 16.4 Å². The Labute approximate surface area is 121 Å². The van der Waals surface area contributed by atoms with Crippen molar-refractivity contribution in [2.24, 2.45) is 0 Å². The molecule has 0 unspecified atom stereocenters. The topological polar surface area (TPSA) is 72.2 Å². The van der Waals surface area contributed by atoms with Gasteiger partial charge in [-0.1, -0.05) is 29.8 Å². The summed E-state index contributed by atoms with van der Waals surface area (Å²) in [5, 5.41) is 2.96. The quantitative estimate of drug-likeness (QED) is 0.672. The van der Waals surface area contributed by atoms with Crippen LogP contribution in [0, 0.1) is 0 Å². The number of rotatable bonds is 3. The molecule has 0 aliphatic rings. The van der Waals surface area contributed by atoms with Crippen LogP contribution in [0.1, 0.15) is 27.6 Å². The molecule has 0 radical (unpaired) electrons. The molecule has 0 aliphatic carbocycles. The van der Waals surface area contributed by atoms with E-state index in [1.54, 1.807) is 42.5 Å². The molecule has 0 saturated carbocycles. The predicted molar refractivity (Wildman–Crippen MR) is 80.3 cm³/mol. The lowest BCUT2D eigenvalue weighted by atomic mass is 10.1. The molecule has 3 N–H and O–H groups in total. The van der Waals surface area contributed by atoms with Gasteiger partial charge in [-0.05, 0) is 31.2 Å². The fourth-order valence-corrected chi connectivity index (χ4v) is 2.06. The molecule has 0 spiro atoms. The standard InChI is InChI=1S/C15H13ClN2O2/c1-9(19)10-4-2-5-11(8-10)18-15(20)14-12(16)6-3-7-13(14)17/h2-8H,17H2,1H3,(H,18,20). The zero-order valence-corrected chi connectivity index (χ0v) is 11.6. The summed E-state index contributed by atoms with van der Waals surface area (Å²) in [4.78, 5) is 23.5. The van der Waals surface area contributed by atoms with E-state index < -0.39 is 5.91 Å². The SMILES string of the molecule is CC(=O)c1cccc(NC(=O)c2c(N)cccc2Cl)c1. The van der Waals surface area contributed by atoms with Gasteiger partial charge in [0.05, 0.1) is 10.6 Å². The summed E-state index contributed by atoms with van der Waals surface area (Å²) >= 11 is 5.98. The number of carbonyl (C=O) groups is 2. The molecule has 0 saturated heterocycles. The zero-order valence-electron chi connectivity index (χ0n) is 10.8. The van der Waals surface area contributed by atoms with Crippen LogP contribution in [-0.2, 0) is 0 Å². The molecular weight excluding hydrogens is 276 g/mol. The Morgan fingerprint density at radius 1 is 1.15 bits per heavy atom. The molecule has 0 heterocycles. The summed E-state index contributed by atoms with van der Waals surface area (Å²) in [6.07, 6.45) is 0. The van der Waals surface area contributed by atoms with Crippen LogP contribution < -0.4 is 11.1 Å². The predicted octanol–water partition coefficient (Wildman–Crippen LogP) is 3.38. The van der Waals surface area contributed by atoms with Gasteiger partial charge in [-0.2, -0.15) is 0 Å². The molecule has 20 heavy (non-hydrogen) atoms. The van der Waals surface area contributed by atoms with Crippen molar-refractivity contribution in [1.82, 2.24) is 0 Å². The van der Waals surface area contributed by atoms with Gasteiger partial charge in [0.15, 0.2) is 5.78 Å². The van der Waals surface area contributed by atoms with Crippen LogP contribution in [0.2, 0.25) is 5.02 Å². The number of hydrogen-bond acceptors (Lipinski definition) is 3. The fourth-order valence-electron chi connectivity index (χ4n) is 1.79. The Kier molecular flexibility index (Phi) is 4.05. The Balaban J connectivity index is 2.28. The van der Waals surface area contributed by atoms with Crippen LogP contribution in [0.15, 0.2) is 42.5 Å². The number of amides is 1. The summed E-state index contributed by atoms with van der Waals surface area (Å²) in [5.74, 6) is -0.479. The number of hydrogen-bond donors (Lipinski definition) is 2. The van der Waals surface area contributed by atoms with Crippen molar-refractivity contribution in [3.05, 3.63) is 58.6 Å². The van der Waals surface area contributed by atoms with E-state index in [0.29, 0.717) is 16.9 Å². The summed E-state index contributed by atoms with van der Waals surface area (Å²) in [7, 11) is 0. The lowest BCUT2D eigenvalue weighted by molar-refractivity contribution is 0.101. The average Bonchev–Trinajstić information content (AvgIpc) is 2.38. The van der Waals surface area contributed by atoms with Crippen molar-refractivity contribution < 1.29 is 9.59 Å². The molecule has 0 bridgehead atoms. The molecule has 0 aliphatic heterocycles. The van der Waals surface area contributed by atoms with Crippen molar-refractivity contribution in [2.45, 2.75) is 6.92 Å². The highest BCUT2D eigenvalue weighted by atomic mass is 35.5. The van der Waals surface area contributed by atoms with Gasteiger partial charge in [0.1, 0.15) is 0 Å². The molecule has 1 amide bonds. The third-order valence-electron chi connectivity index (χ3n) is 2.80. The molecule has 0 fully saturated rings. The van der Waals surface area contributed by atoms with Gasteiger partial charge < -0.3 is 11.1 Å². The normalized spacial score (nSPS) is 10.1. The van der Waals surface area contributed by atoms with Crippen molar-refractivity contribution in [1.29, 1.82) is 0 Å². The fraction of sp³-hybridized carbons (Fsp3) is 0.0667. The van der Waals surface area contributed by atoms with E-state index in [2.05, 4.69) is 5.32 Å². The first-order chi connectivity index (χ1) is 9.49. The second-order valence-corrected chi connectivity index (χ2v) is 4.70. The first kappa shape index (κ1) is 14.1. The van der Waals surface area contributed by atoms with Gasteiger partial charge in [-0.15, -0.1) is 0 Å². The summed E-state index contributed by atoms with van der Waals surface area (Å²) in [5.41, 5.74) is 7.32. The van der Waals surface area contributed by atoms with Crippen LogP contribution in [-0.4, -0.2) is 11.7 Å². The molecule has 2 aromatic rings. The Hall–Kier alpha value is -2.33. The van der Waals surface area contributed by atoms with Gasteiger partial charge in [0.2, 0.25) is 0 Å². The Bertz CT molecular complexity index is 663. The van der Waals surface area contributed by atoms with Gasteiger partial charge in [-0.3, -0.25) is 9.59 Å². The largest absolute Gasteiger partial charge is 0.398 e. The maximum Gasteiger partial charge on any atom is 0.259 e. The van der Waals surface area contributed by atoms with Crippen LogP contribution in [0.4, 0.5) is 11.4 Å². The van der Waals surface area contributed by atoms with Gasteiger partial charge in [0, 0.05) is 16.9 Å². The minimum atomic E-state index is -0.409. The third-order valence-corrected chi connectivity index (χ3v) is 3.11. The van der Waals surface area contributed by atoms with Crippen molar-refractivity contribution in [2.75, 3.05) is 11.1 Å². The van der Waals surface area contributed by atoms with Crippen molar-refractivity contribution >= 4 is 34.7 Å². The highest BCUT2D eigenvalue weighted by molar-refractivity contribution is 6.35. The van der Waals surface area contributed by atoms with Gasteiger partial charge >= 0.3 is 0 Å². The van der Waals surface area contributed by atoms with Crippen molar-refractivity contribution in [3.8, 4) is 0 Å². The maximum atomic E-state index is 12.2. The van der Waals surface area contributed by atoms with Crippen LogP contribution in [0.25, 0.3) is 0 Å². The molecule has 2 rings (SSSR count). The number of halogens is 1. The summed E-state index contributed by atoms with van der Waals surface area (Å²) in [6, 6.07) is 11.5. The molecule has 102 valence electrons. The molecule has 2 aromatic carbocycles. The number of benzene rings is 2. The number of ketones is 1. The first-order valence-electron chi connectivity index (χ1n) is 5.95. The number of nitrogens with one attached hydrogen (secondary N) is 1. The maximum absolute atomic E-state index is 12.2. The van der Waals surface area contributed by atoms with Crippen LogP contribution in [0.5, 0.6) is 0 Å². The number of carbonyl (C=O) groups excluding carboxylic acids is 2. The number of nitrogen functional groups attached to an aromatic ring is 1. The van der Waals surface area contributed by atoms with E-state index in [1.807, 2.05) is 0 Å². The molecule has 4 nitrogen and oxygen atoms in total. The number of nitrogens with two attached hydrogens (primary N) is 1. The second kappa shape index (κ2) is 5.75. The minimum Gasteiger partial charge on any atom is -0.398 e. The first-order valence-corrected chi connectivity index (χ1v) is 6.33. The average molecular weight is 289 g/mol. The highest BCUT2D eigenvalue weighted by Gasteiger charge is 2.14.